The summed E-state index contributed by atoms with van der Waals surface area (Å²) in [7, 11) is 3.00. The van der Waals surface area contributed by atoms with Gasteiger partial charge in [0.25, 0.3) is 0 Å². The van der Waals surface area contributed by atoms with Gasteiger partial charge in [0, 0.05) is 10.6 Å². The maximum absolute atomic E-state index is 12.4. The summed E-state index contributed by atoms with van der Waals surface area (Å²) in [5.41, 5.74) is 3.00. The van der Waals surface area contributed by atoms with Gasteiger partial charge < -0.3 is 15.4 Å². The zero-order chi connectivity index (χ0) is 21.6. The zero-order valence-electron chi connectivity index (χ0n) is 17.4. The number of methoxy groups -OCH3 is 1. The second-order valence-corrected chi connectivity index (χ2v) is 7.98. The van der Waals surface area contributed by atoms with E-state index in [0.29, 0.717) is 10.6 Å². The average molecular weight is 418 g/mol. The smallest absolute Gasteiger partial charge is 0.341 e. The number of likely N-dealkylation sites (N-methyl/N-ethyl adjacent to an activating group) is 1. The number of nitrogens with one attached hydrogen (secondary N) is 2. The molecule has 2 amide bonds. The van der Waals surface area contributed by atoms with Crippen LogP contribution in [0.15, 0.2) is 24.3 Å². The molecule has 2 rings (SSSR count). The van der Waals surface area contributed by atoms with Gasteiger partial charge in [0.1, 0.15) is 5.00 Å². The third-order valence-corrected chi connectivity index (χ3v) is 5.65. The van der Waals surface area contributed by atoms with Crippen molar-refractivity contribution in [2.45, 2.75) is 27.2 Å². The molecule has 0 saturated heterocycles. The summed E-state index contributed by atoms with van der Waals surface area (Å²) >= 11 is 1.33. The van der Waals surface area contributed by atoms with E-state index in [0.717, 1.165) is 28.1 Å². The first-order valence-electron chi connectivity index (χ1n) is 9.31. The molecule has 0 fully saturated rings. The van der Waals surface area contributed by atoms with Crippen LogP contribution in [0.5, 0.6) is 0 Å². The molecule has 0 aliphatic rings. The van der Waals surface area contributed by atoms with Gasteiger partial charge in [0.05, 0.1) is 25.8 Å². The van der Waals surface area contributed by atoms with Crippen LogP contribution in [0.25, 0.3) is 0 Å². The van der Waals surface area contributed by atoms with Crippen LogP contribution in [0.1, 0.15) is 33.3 Å². The lowest BCUT2D eigenvalue weighted by Crippen LogP contribution is -2.36. The number of hydrogen-bond donors (Lipinski definition) is 2. The number of carbonyl (C=O) groups excluding carboxylic acids is 3. The Morgan fingerprint density at radius 2 is 1.69 bits per heavy atom. The minimum Gasteiger partial charge on any atom is -0.465 e. The standard InChI is InChI=1S/C21H27N3O4S/c1-6-15-9-7-8-10-16(15)22-17(25)11-24(4)12-18(26)23-20-19(21(27)28-5)13(2)14(3)29-20/h7-10H,6,11-12H2,1-5H3,(H,22,25)(H,23,26). The lowest BCUT2D eigenvalue weighted by Gasteiger charge is -2.17. The van der Waals surface area contributed by atoms with E-state index in [4.69, 9.17) is 4.74 Å². The Hall–Kier alpha value is -2.71. The molecule has 0 bridgehead atoms. The Morgan fingerprint density at radius 1 is 1.07 bits per heavy atom. The number of carbonyl (C=O) groups is 3. The molecule has 8 heteroatoms. The van der Waals surface area contributed by atoms with E-state index < -0.39 is 5.97 Å². The van der Waals surface area contributed by atoms with E-state index in [1.807, 2.05) is 45.0 Å². The first-order valence-corrected chi connectivity index (χ1v) is 10.1. The number of para-hydroxylation sites is 1. The molecule has 0 spiro atoms. The number of hydrogen-bond acceptors (Lipinski definition) is 6. The van der Waals surface area contributed by atoms with E-state index >= 15 is 0 Å². The summed E-state index contributed by atoms with van der Waals surface area (Å²) in [6.07, 6.45) is 0.816. The van der Waals surface area contributed by atoms with Crippen LogP contribution in [0.4, 0.5) is 10.7 Å². The van der Waals surface area contributed by atoms with Gasteiger partial charge in [-0.05, 0) is 44.5 Å². The van der Waals surface area contributed by atoms with Gasteiger partial charge in [-0.3, -0.25) is 14.5 Å². The van der Waals surface area contributed by atoms with Gasteiger partial charge in [0.2, 0.25) is 11.8 Å². The summed E-state index contributed by atoms with van der Waals surface area (Å²) in [6.45, 7) is 5.81. The van der Waals surface area contributed by atoms with Crippen molar-refractivity contribution in [2.75, 3.05) is 37.9 Å². The summed E-state index contributed by atoms with van der Waals surface area (Å²) < 4.78 is 4.81. The molecule has 2 N–H and O–H groups in total. The molecule has 0 radical (unpaired) electrons. The van der Waals surface area contributed by atoms with Crippen molar-refractivity contribution in [2.24, 2.45) is 0 Å². The lowest BCUT2D eigenvalue weighted by atomic mass is 10.1. The summed E-state index contributed by atoms with van der Waals surface area (Å²) in [6, 6.07) is 7.63. The predicted octanol–water partition coefficient (Wildman–Crippen LogP) is 3.22. The molecule has 0 saturated carbocycles. The monoisotopic (exact) mass is 417 g/mol. The van der Waals surface area contributed by atoms with Crippen LogP contribution in [0.3, 0.4) is 0 Å². The Bertz CT molecular complexity index is 907. The Labute approximate surface area is 175 Å². The molecule has 1 heterocycles. The molecular weight excluding hydrogens is 390 g/mol. The van der Waals surface area contributed by atoms with E-state index in [1.165, 1.54) is 18.4 Å². The molecule has 2 aromatic rings. The Balaban J connectivity index is 1.95. The third kappa shape index (κ3) is 5.88. The highest BCUT2D eigenvalue weighted by molar-refractivity contribution is 7.16. The topological polar surface area (TPSA) is 87.7 Å². The summed E-state index contributed by atoms with van der Waals surface area (Å²) in [4.78, 5) is 39.3. The van der Waals surface area contributed by atoms with Crippen molar-refractivity contribution in [3.05, 3.63) is 45.8 Å². The van der Waals surface area contributed by atoms with E-state index in [9.17, 15) is 14.4 Å². The van der Waals surface area contributed by atoms with Crippen molar-refractivity contribution in [3.63, 3.8) is 0 Å². The molecule has 0 unspecified atom stereocenters. The number of nitrogens with zero attached hydrogens (tertiary/aromatic N) is 1. The maximum Gasteiger partial charge on any atom is 0.341 e. The second-order valence-electron chi connectivity index (χ2n) is 6.76. The van der Waals surface area contributed by atoms with E-state index in [-0.39, 0.29) is 24.9 Å². The van der Waals surface area contributed by atoms with Crippen LogP contribution in [-0.2, 0) is 20.7 Å². The van der Waals surface area contributed by atoms with Crippen molar-refractivity contribution in [1.29, 1.82) is 0 Å². The second kappa shape index (κ2) is 10.2. The fraction of sp³-hybridized carbons (Fsp3) is 0.381. The Kier molecular flexibility index (Phi) is 7.92. The number of ether oxygens (including phenoxy) is 1. The quantitative estimate of drug-likeness (QED) is 0.644. The van der Waals surface area contributed by atoms with Crippen molar-refractivity contribution < 1.29 is 19.1 Å². The van der Waals surface area contributed by atoms with Gasteiger partial charge in [-0.25, -0.2) is 4.79 Å². The van der Waals surface area contributed by atoms with Gasteiger partial charge in [-0.15, -0.1) is 11.3 Å². The first kappa shape index (κ1) is 22.6. The van der Waals surface area contributed by atoms with Gasteiger partial charge in [-0.2, -0.15) is 0 Å². The van der Waals surface area contributed by atoms with Gasteiger partial charge in [0.15, 0.2) is 0 Å². The van der Waals surface area contributed by atoms with Crippen molar-refractivity contribution in [1.82, 2.24) is 4.90 Å². The summed E-state index contributed by atoms with van der Waals surface area (Å²) in [5.74, 6) is -0.982. The number of aryl methyl sites for hydroxylation is 2. The molecule has 0 aliphatic heterocycles. The normalized spacial score (nSPS) is 10.7. The molecular formula is C21H27N3O4S. The zero-order valence-corrected chi connectivity index (χ0v) is 18.2. The Morgan fingerprint density at radius 3 is 2.31 bits per heavy atom. The van der Waals surface area contributed by atoms with E-state index in [1.54, 1.807) is 11.9 Å². The maximum atomic E-state index is 12.4. The highest BCUT2D eigenvalue weighted by Crippen LogP contribution is 2.32. The largest absolute Gasteiger partial charge is 0.465 e. The van der Waals surface area contributed by atoms with Crippen molar-refractivity contribution >= 4 is 39.8 Å². The minimum absolute atomic E-state index is 0.0133. The van der Waals surface area contributed by atoms with Gasteiger partial charge >= 0.3 is 5.97 Å². The highest BCUT2D eigenvalue weighted by Gasteiger charge is 2.22. The molecule has 0 aliphatic carbocycles. The predicted molar refractivity (Wildman–Crippen MR) is 116 cm³/mol. The average Bonchev–Trinajstić information content (AvgIpc) is 2.94. The first-order chi connectivity index (χ1) is 13.8. The molecule has 1 aromatic carbocycles. The highest BCUT2D eigenvalue weighted by atomic mass is 32.1. The molecule has 29 heavy (non-hydrogen) atoms. The van der Waals surface area contributed by atoms with Crippen LogP contribution < -0.4 is 10.6 Å². The molecule has 0 atom stereocenters. The van der Waals surface area contributed by atoms with Crippen LogP contribution in [0.2, 0.25) is 0 Å². The molecule has 1 aromatic heterocycles. The van der Waals surface area contributed by atoms with E-state index in [2.05, 4.69) is 10.6 Å². The van der Waals surface area contributed by atoms with Crippen LogP contribution in [0, 0.1) is 13.8 Å². The number of benzene rings is 1. The third-order valence-electron chi connectivity index (χ3n) is 4.53. The fourth-order valence-corrected chi connectivity index (χ4v) is 3.98. The number of rotatable bonds is 8. The molecule has 156 valence electrons. The molecule has 7 nitrogen and oxygen atoms in total. The number of esters is 1. The minimum atomic E-state index is -0.482. The number of anilines is 2. The SMILES string of the molecule is CCc1ccccc1NC(=O)CN(C)CC(=O)Nc1sc(C)c(C)c1C(=O)OC. The van der Waals surface area contributed by atoms with Crippen LogP contribution in [-0.4, -0.2) is 49.9 Å². The fourth-order valence-electron chi connectivity index (χ4n) is 2.92. The number of thiophene rings is 1. The lowest BCUT2D eigenvalue weighted by molar-refractivity contribution is -0.119. The number of amides is 2. The van der Waals surface area contributed by atoms with Crippen molar-refractivity contribution in [3.8, 4) is 0 Å². The van der Waals surface area contributed by atoms with Gasteiger partial charge in [-0.1, -0.05) is 25.1 Å². The summed E-state index contributed by atoms with van der Waals surface area (Å²) in [5, 5.41) is 6.12. The van der Waals surface area contributed by atoms with Crippen LogP contribution >= 0.6 is 11.3 Å².